The van der Waals surface area contributed by atoms with Crippen molar-refractivity contribution in [3.63, 3.8) is 0 Å². The molecule has 0 aliphatic heterocycles. The van der Waals surface area contributed by atoms with Crippen molar-refractivity contribution in [3.05, 3.63) is 138 Å². The molecule has 1 nitrogen and oxygen atoms in total. The fraction of sp³-hybridized carbons (Fsp3) is 0.467. The van der Waals surface area contributed by atoms with Gasteiger partial charge in [-0.15, -0.1) is 0 Å². The van der Waals surface area contributed by atoms with Crippen LogP contribution in [0.4, 0.5) is 0 Å². The molecule has 0 heterocycles. The molecule has 0 radical (unpaired) electrons. The van der Waals surface area contributed by atoms with E-state index < -0.39 is 0 Å². The van der Waals surface area contributed by atoms with Gasteiger partial charge in [0.25, 0.3) is 0 Å². The Hall–Kier alpha value is -3.32. The van der Waals surface area contributed by atoms with Crippen molar-refractivity contribution >= 4 is 0 Å². The molecule has 4 aromatic carbocycles. The molecule has 4 aromatic rings. The Morgan fingerprint density at radius 1 is 0.435 bits per heavy atom. The molecule has 0 spiro atoms. The Bertz CT molecular complexity index is 1100. The maximum Gasteiger partial charge on any atom is 0.119 e. The first-order valence-electron chi connectivity index (χ1n) is 16.0. The average molecular weight is 631 g/mol. The molecule has 4 rings (SSSR count). The molecule has 1 heteroatoms. The second-order valence-corrected chi connectivity index (χ2v) is 12.4. The maximum atomic E-state index is 5.52. The lowest BCUT2D eigenvalue weighted by molar-refractivity contribution is 0.289. The van der Waals surface area contributed by atoms with Gasteiger partial charge in [0.2, 0.25) is 0 Å². The van der Waals surface area contributed by atoms with E-state index in [1.165, 1.54) is 36.0 Å². The van der Waals surface area contributed by atoms with Gasteiger partial charge in [-0.2, -0.15) is 0 Å². The topological polar surface area (TPSA) is 9.23 Å². The van der Waals surface area contributed by atoms with Gasteiger partial charge in [-0.1, -0.05) is 194 Å². The molecule has 0 aliphatic carbocycles. The zero-order chi connectivity index (χ0) is 31.0. The van der Waals surface area contributed by atoms with E-state index in [1.807, 2.05) is 36.4 Å². The first kappa shape index (κ1) is 49.6. The number of ether oxygens (including phenoxy) is 1. The quantitative estimate of drug-likeness (QED) is 0.169. The third kappa shape index (κ3) is 28.2. The number of rotatable bonds is 10. The second kappa shape index (κ2) is 31.7. The van der Waals surface area contributed by atoms with Crippen molar-refractivity contribution in [2.24, 2.45) is 17.8 Å². The van der Waals surface area contributed by atoms with Gasteiger partial charge in [0.1, 0.15) is 5.75 Å². The first-order valence-corrected chi connectivity index (χ1v) is 16.0. The van der Waals surface area contributed by atoms with Crippen molar-refractivity contribution in [1.29, 1.82) is 0 Å². The lowest BCUT2D eigenvalue weighted by Gasteiger charge is -2.07. The molecule has 0 amide bonds. The minimum atomic E-state index is 0. The predicted molar refractivity (Wildman–Crippen MR) is 213 cm³/mol. The van der Waals surface area contributed by atoms with Crippen LogP contribution in [0.25, 0.3) is 0 Å². The summed E-state index contributed by atoms with van der Waals surface area (Å²) in [5, 5.41) is 0. The fourth-order valence-corrected chi connectivity index (χ4v) is 3.95. The van der Waals surface area contributed by atoms with E-state index in [2.05, 4.69) is 140 Å². The summed E-state index contributed by atoms with van der Waals surface area (Å²) in [4.78, 5) is 0. The molecule has 0 fully saturated rings. The van der Waals surface area contributed by atoms with Gasteiger partial charge < -0.3 is 4.74 Å². The van der Waals surface area contributed by atoms with Crippen molar-refractivity contribution < 1.29 is 4.74 Å². The van der Waals surface area contributed by atoms with Gasteiger partial charge >= 0.3 is 0 Å². The van der Waals surface area contributed by atoms with Crippen LogP contribution >= 0.6 is 0 Å². The van der Waals surface area contributed by atoms with Crippen LogP contribution in [0.3, 0.4) is 0 Å². The molecule has 0 saturated heterocycles. The zero-order valence-electron chi connectivity index (χ0n) is 27.8. The zero-order valence-corrected chi connectivity index (χ0v) is 27.8. The Kier molecular flexibility index (Phi) is 34.1. The van der Waals surface area contributed by atoms with Gasteiger partial charge in [0.05, 0.1) is 6.61 Å². The minimum Gasteiger partial charge on any atom is -0.494 e. The summed E-state index contributed by atoms with van der Waals surface area (Å²) in [6, 6.07) is 41.8. The van der Waals surface area contributed by atoms with Gasteiger partial charge in [-0.25, -0.2) is 0 Å². The highest BCUT2D eigenvalue weighted by Gasteiger charge is 1.96. The molecule has 0 saturated carbocycles. The molecule has 0 N–H and O–H groups in total. The number of benzene rings is 4. The van der Waals surface area contributed by atoms with Gasteiger partial charge in [0, 0.05) is 0 Å². The Balaban J connectivity index is -0.000000250. The molecule has 0 unspecified atom stereocenters. The van der Waals surface area contributed by atoms with Crippen molar-refractivity contribution in [2.45, 2.75) is 117 Å². The number of aryl methyl sites for hydroxylation is 1. The van der Waals surface area contributed by atoms with Crippen LogP contribution in [0, 0.1) is 17.8 Å². The Morgan fingerprint density at radius 2 is 0.826 bits per heavy atom. The SMILES string of the molecule is C.C.C.C.CC(C)CCOc1ccccc1.CC(C)CCc1ccccc1.CC(C)Cc1ccccc1.CC(C)c1ccccc1. The highest BCUT2D eigenvalue weighted by molar-refractivity contribution is 5.21. The summed E-state index contributed by atoms with van der Waals surface area (Å²) < 4.78 is 5.52. The van der Waals surface area contributed by atoms with Crippen molar-refractivity contribution in [1.82, 2.24) is 0 Å². The summed E-state index contributed by atoms with van der Waals surface area (Å²) >= 11 is 0. The van der Waals surface area contributed by atoms with Crippen LogP contribution in [-0.2, 0) is 12.8 Å². The molecule has 0 bridgehead atoms. The highest BCUT2D eigenvalue weighted by atomic mass is 16.5. The Morgan fingerprint density at radius 3 is 1.20 bits per heavy atom. The van der Waals surface area contributed by atoms with Crippen molar-refractivity contribution in [2.75, 3.05) is 6.61 Å². The van der Waals surface area contributed by atoms with Crippen LogP contribution < -0.4 is 4.74 Å². The van der Waals surface area contributed by atoms with Crippen molar-refractivity contribution in [3.8, 4) is 5.75 Å². The van der Waals surface area contributed by atoms with E-state index in [4.69, 9.17) is 4.74 Å². The number of hydrogen-bond donors (Lipinski definition) is 0. The Labute approximate surface area is 288 Å². The molecule has 0 aliphatic rings. The molecular weight excluding hydrogens is 556 g/mol. The third-order valence-electron chi connectivity index (χ3n) is 6.51. The normalized spacial score (nSPS) is 9.39. The summed E-state index contributed by atoms with van der Waals surface area (Å²) in [6.45, 7) is 18.7. The van der Waals surface area contributed by atoms with Crippen LogP contribution in [-0.4, -0.2) is 6.61 Å². The fourth-order valence-electron chi connectivity index (χ4n) is 3.95. The minimum absolute atomic E-state index is 0. The van der Waals surface area contributed by atoms with E-state index in [-0.39, 0.29) is 29.7 Å². The summed E-state index contributed by atoms with van der Waals surface area (Å²) in [5.41, 5.74) is 4.32. The molecule has 46 heavy (non-hydrogen) atoms. The second-order valence-electron chi connectivity index (χ2n) is 12.4. The lowest BCUT2D eigenvalue weighted by atomic mass is 10.0. The summed E-state index contributed by atoms with van der Waals surface area (Å²) in [6.07, 6.45) is 4.83. The molecule has 0 atom stereocenters. The molecule has 0 aromatic heterocycles. The summed E-state index contributed by atoms with van der Waals surface area (Å²) in [7, 11) is 0. The third-order valence-corrected chi connectivity index (χ3v) is 6.51. The smallest absolute Gasteiger partial charge is 0.119 e. The molecule has 260 valence electrons. The van der Waals surface area contributed by atoms with Gasteiger partial charge in [-0.3, -0.25) is 0 Å². The first-order chi connectivity index (χ1) is 20.2. The number of hydrogen-bond acceptors (Lipinski definition) is 1. The maximum absolute atomic E-state index is 5.52. The monoisotopic (exact) mass is 631 g/mol. The number of para-hydroxylation sites is 1. The van der Waals surface area contributed by atoms with Crippen LogP contribution in [0.2, 0.25) is 0 Å². The summed E-state index contributed by atoms with van der Waals surface area (Å²) in [5.74, 6) is 3.93. The van der Waals surface area contributed by atoms with E-state index in [1.54, 1.807) is 0 Å². The van der Waals surface area contributed by atoms with Gasteiger partial charge in [0.15, 0.2) is 0 Å². The standard InChI is InChI=1S/C11H16O.C11H16.C10H14.C9H12.4CH4/c1-10(2)8-9-12-11-6-4-3-5-7-11;1-10(2)8-9-11-6-4-3-5-7-11;1-9(2)8-10-6-4-3-5-7-10;1-8(2)9-6-4-3-5-7-9;;;;/h3-7,10H,8-9H2,1-2H3;3-7,10H,8-9H2,1-2H3;3-7,9H,8H2,1-2H3;3-8H,1-2H3;4*1H4. The van der Waals surface area contributed by atoms with Crippen LogP contribution in [0.15, 0.2) is 121 Å². The van der Waals surface area contributed by atoms with E-state index in [0.29, 0.717) is 11.8 Å². The predicted octanol–water partition coefficient (Wildman–Crippen LogP) is 14.6. The molecular formula is C45H74O. The average Bonchev–Trinajstić information content (AvgIpc) is 2.99. The largest absolute Gasteiger partial charge is 0.494 e. The van der Waals surface area contributed by atoms with Gasteiger partial charge in [-0.05, 0) is 78.2 Å². The van der Waals surface area contributed by atoms with Crippen LogP contribution in [0.5, 0.6) is 5.75 Å². The highest BCUT2D eigenvalue weighted by Crippen LogP contribution is 2.12. The van der Waals surface area contributed by atoms with E-state index >= 15 is 0 Å². The van der Waals surface area contributed by atoms with Crippen LogP contribution in [0.1, 0.15) is 121 Å². The lowest BCUT2D eigenvalue weighted by Crippen LogP contribution is -2.00. The van der Waals surface area contributed by atoms with E-state index in [9.17, 15) is 0 Å². The van der Waals surface area contributed by atoms with E-state index in [0.717, 1.165) is 30.6 Å².